The van der Waals surface area contributed by atoms with Crippen molar-refractivity contribution >= 4 is 5.91 Å². The lowest BCUT2D eigenvalue weighted by atomic mass is 10.1. The van der Waals surface area contributed by atoms with Gasteiger partial charge in [0.05, 0.1) is 18.8 Å². The Morgan fingerprint density at radius 3 is 2.62 bits per heavy atom. The molecular formula is C21H23N3O2. The molecule has 0 unspecified atom stereocenters. The van der Waals surface area contributed by atoms with Crippen LogP contribution in [0.15, 0.2) is 60.7 Å². The van der Waals surface area contributed by atoms with Crippen LogP contribution in [0.4, 0.5) is 0 Å². The smallest absolute Gasteiger partial charge is 0.270 e. The molecule has 0 fully saturated rings. The Morgan fingerprint density at radius 1 is 1.15 bits per heavy atom. The molecule has 134 valence electrons. The van der Waals surface area contributed by atoms with Crippen LogP contribution in [0.2, 0.25) is 0 Å². The fourth-order valence-corrected chi connectivity index (χ4v) is 2.86. The summed E-state index contributed by atoms with van der Waals surface area (Å²) >= 11 is 0. The second kappa shape index (κ2) is 7.87. The Labute approximate surface area is 153 Å². The van der Waals surface area contributed by atoms with E-state index < -0.39 is 0 Å². The van der Waals surface area contributed by atoms with Crippen LogP contribution in [-0.2, 0) is 6.54 Å². The Morgan fingerprint density at radius 2 is 1.92 bits per heavy atom. The lowest BCUT2D eigenvalue weighted by Gasteiger charge is -2.14. The summed E-state index contributed by atoms with van der Waals surface area (Å²) in [5, 5.41) is 7.63. The maximum absolute atomic E-state index is 12.8. The van der Waals surface area contributed by atoms with E-state index in [2.05, 4.69) is 10.4 Å². The third kappa shape index (κ3) is 3.77. The molecule has 1 atom stereocenters. The van der Waals surface area contributed by atoms with Crippen LogP contribution in [-0.4, -0.2) is 22.8 Å². The van der Waals surface area contributed by atoms with Crippen molar-refractivity contribution in [2.45, 2.75) is 26.4 Å². The third-order valence-corrected chi connectivity index (χ3v) is 4.32. The molecule has 0 bridgehead atoms. The standard InChI is InChI=1S/C21H23N3O2/c1-4-24-20(21(25)22-15(2)16-9-6-5-7-10-16)14-19(23-24)17-11-8-12-18(13-17)26-3/h5-15H,4H2,1-3H3,(H,22,25)/t15-/m0/s1. The molecule has 0 saturated heterocycles. The van der Waals surface area contributed by atoms with Crippen molar-refractivity contribution in [1.82, 2.24) is 15.1 Å². The summed E-state index contributed by atoms with van der Waals surface area (Å²) in [4.78, 5) is 12.8. The van der Waals surface area contributed by atoms with Gasteiger partial charge in [-0.05, 0) is 37.6 Å². The maximum Gasteiger partial charge on any atom is 0.270 e. The number of aryl methyl sites for hydroxylation is 1. The number of benzene rings is 2. The first-order valence-electron chi connectivity index (χ1n) is 8.70. The minimum absolute atomic E-state index is 0.0795. The highest BCUT2D eigenvalue weighted by Gasteiger charge is 2.18. The average molecular weight is 349 g/mol. The molecule has 26 heavy (non-hydrogen) atoms. The fourth-order valence-electron chi connectivity index (χ4n) is 2.86. The molecule has 1 N–H and O–H groups in total. The number of carbonyl (C=O) groups is 1. The predicted molar refractivity (Wildman–Crippen MR) is 102 cm³/mol. The Kier molecular flexibility index (Phi) is 5.37. The van der Waals surface area contributed by atoms with E-state index in [4.69, 9.17) is 4.74 Å². The summed E-state index contributed by atoms with van der Waals surface area (Å²) in [6.45, 7) is 4.56. The van der Waals surface area contributed by atoms with E-state index in [1.165, 1.54) is 0 Å². The lowest BCUT2D eigenvalue weighted by Crippen LogP contribution is -2.28. The largest absolute Gasteiger partial charge is 0.497 e. The minimum atomic E-state index is -0.134. The normalized spacial score (nSPS) is 11.8. The van der Waals surface area contributed by atoms with Crippen molar-refractivity contribution in [3.8, 4) is 17.0 Å². The van der Waals surface area contributed by atoms with Gasteiger partial charge in [-0.15, -0.1) is 0 Å². The van der Waals surface area contributed by atoms with Crippen LogP contribution in [0.3, 0.4) is 0 Å². The van der Waals surface area contributed by atoms with Crippen LogP contribution in [0.5, 0.6) is 5.75 Å². The van der Waals surface area contributed by atoms with E-state index in [9.17, 15) is 4.79 Å². The zero-order chi connectivity index (χ0) is 18.5. The van der Waals surface area contributed by atoms with Gasteiger partial charge in [-0.1, -0.05) is 42.5 Å². The van der Waals surface area contributed by atoms with Gasteiger partial charge in [0.25, 0.3) is 5.91 Å². The molecule has 3 rings (SSSR count). The van der Waals surface area contributed by atoms with Crippen LogP contribution in [0.1, 0.15) is 35.9 Å². The molecule has 5 nitrogen and oxygen atoms in total. The fraction of sp³-hybridized carbons (Fsp3) is 0.238. The van der Waals surface area contributed by atoms with Gasteiger partial charge in [0.15, 0.2) is 0 Å². The van der Waals surface area contributed by atoms with Gasteiger partial charge in [0.2, 0.25) is 0 Å². The lowest BCUT2D eigenvalue weighted by molar-refractivity contribution is 0.0929. The molecule has 0 saturated carbocycles. The number of amides is 1. The molecule has 2 aromatic carbocycles. The van der Waals surface area contributed by atoms with Crippen LogP contribution in [0, 0.1) is 0 Å². The molecular weight excluding hydrogens is 326 g/mol. The molecule has 0 spiro atoms. The summed E-state index contributed by atoms with van der Waals surface area (Å²) in [5.74, 6) is 0.627. The molecule has 1 heterocycles. The maximum atomic E-state index is 12.8. The highest BCUT2D eigenvalue weighted by Crippen LogP contribution is 2.24. The van der Waals surface area contributed by atoms with Crippen LogP contribution in [0.25, 0.3) is 11.3 Å². The van der Waals surface area contributed by atoms with Crippen molar-refractivity contribution in [1.29, 1.82) is 0 Å². The number of rotatable bonds is 6. The molecule has 1 aromatic heterocycles. The molecule has 3 aromatic rings. The van der Waals surface area contributed by atoms with Crippen LogP contribution < -0.4 is 10.1 Å². The highest BCUT2D eigenvalue weighted by atomic mass is 16.5. The quantitative estimate of drug-likeness (QED) is 0.730. The van der Waals surface area contributed by atoms with E-state index in [1.54, 1.807) is 11.8 Å². The molecule has 0 aliphatic heterocycles. The third-order valence-electron chi connectivity index (χ3n) is 4.32. The highest BCUT2D eigenvalue weighted by molar-refractivity contribution is 5.94. The van der Waals surface area contributed by atoms with E-state index >= 15 is 0 Å². The zero-order valence-electron chi connectivity index (χ0n) is 15.3. The number of ether oxygens (including phenoxy) is 1. The van der Waals surface area contributed by atoms with Gasteiger partial charge < -0.3 is 10.1 Å². The monoisotopic (exact) mass is 349 g/mol. The number of carbonyl (C=O) groups excluding carboxylic acids is 1. The first-order valence-corrected chi connectivity index (χ1v) is 8.70. The number of aromatic nitrogens is 2. The van der Waals surface area contributed by atoms with Crippen molar-refractivity contribution in [2.24, 2.45) is 0 Å². The summed E-state index contributed by atoms with van der Waals surface area (Å²) in [6, 6.07) is 19.3. The summed E-state index contributed by atoms with van der Waals surface area (Å²) in [5.41, 5.74) is 3.29. The van der Waals surface area contributed by atoms with E-state index in [-0.39, 0.29) is 11.9 Å². The first kappa shape index (κ1) is 17.7. The van der Waals surface area contributed by atoms with Gasteiger partial charge in [0, 0.05) is 12.1 Å². The predicted octanol–water partition coefficient (Wildman–Crippen LogP) is 4.07. The summed E-state index contributed by atoms with van der Waals surface area (Å²) in [7, 11) is 1.63. The van der Waals surface area contributed by atoms with Crippen molar-refractivity contribution in [3.05, 3.63) is 71.9 Å². The zero-order valence-corrected chi connectivity index (χ0v) is 15.3. The van der Waals surface area contributed by atoms with Crippen molar-refractivity contribution < 1.29 is 9.53 Å². The van der Waals surface area contributed by atoms with E-state index in [1.807, 2.05) is 74.5 Å². The van der Waals surface area contributed by atoms with Gasteiger partial charge in [-0.2, -0.15) is 5.10 Å². The summed E-state index contributed by atoms with van der Waals surface area (Å²) in [6.07, 6.45) is 0. The number of hydrogen-bond donors (Lipinski definition) is 1. The molecule has 1 amide bonds. The van der Waals surface area contributed by atoms with Gasteiger partial charge in [0.1, 0.15) is 11.4 Å². The minimum Gasteiger partial charge on any atom is -0.497 e. The number of methoxy groups -OCH3 is 1. The topological polar surface area (TPSA) is 56.2 Å². The van der Waals surface area contributed by atoms with Gasteiger partial charge in [-0.25, -0.2) is 0 Å². The van der Waals surface area contributed by atoms with Crippen molar-refractivity contribution in [3.63, 3.8) is 0 Å². The molecule has 0 aliphatic rings. The van der Waals surface area contributed by atoms with Gasteiger partial charge in [-0.3, -0.25) is 9.48 Å². The number of hydrogen-bond acceptors (Lipinski definition) is 3. The second-order valence-corrected chi connectivity index (χ2v) is 6.07. The Hall–Kier alpha value is -3.08. The Bertz CT molecular complexity index is 887. The van der Waals surface area contributed by atoms with E-state index in [0.29, 0.717) is 12.2 Å². The van der Waals surface area contributed by atoms with Crippen molar-refractivity contribution in [2.75, 3.05) is 7.11 Å². The second-order valence-electron chi connectivity index (χ2n) is 6.07. The molecule has 0 aliphatic carbocycles. The first-order chi connectivity index (χ1) is 12.6. The van der Waals surface area contributed by atoms with E-state index in [0.717, 1.165) is 22.6 Å². The van der Waals surface area contributed by atoms with Crippen LogP contribution >= 0.6 is 0 Å². The molecule has 5 heteroatoms. The molecule has 0 radical (unpaired) electrons. The SMILES string of the molecule is CCn1nc(-c2cccc(OC)c2)cc1C(=O)N[C@@H](C)c1ccccc1. The average Bonchev–Trinajstić information content (AvgIpc) is 3.13. The summed E-state index contributed by atoms with van der Waals surface area (Å²) < 4.78 is 7.00. The van der Waals surface area contributed by atoms with Gasteiger partial charge >= 0.3 is 0 Å². The Balaban J connectivity index is 1.85. The number of nitrogens with zero attached hydrogens (tertiary/aromatic N) is 2. The number of nitrogens with one attached hydrogen (secondary N) is 1.